The SMILES string of the molecule is COC(=O)C(F)(F)[Se][C@@H]1CCCC[C@H]1Cl. The molecule has 0 radical (unpaired) electrons. The summed E-state index contributed by atoms with van der Waals surface area (Å²) in [6, 6.07) is 0. The van der Waals surface area contributed by atoms with Crippen molar-refractivity contribution in [3.05, 3.63) is 0 Å². The zero-order valence-corrected chi connectivity index (χ0v) is 10.8. The van der Waals surface area contributed by atoms with Crippen molar-refractivity contribution in [3.63, 3.8) is 0 Å². The Balaban J connectivity index is 2.55. The molecular weight excluding hydrogens is 293 g/mol. The van der Waals surface area contributed by atoms with Gasteiger partial charge in [-0.05, 0) is 0 Å². The molecule has 0 aromatic carbocycles. The maximum atomic E-state index is 13.3. The second-order valence-corrected chi connectivity index (χ2v) is 6.87. The molecule has 15 heavy (non-hydrogen) atoms. The molecule has 0 aromatic rings. The van der Waals surface area contributed by atoms with Crippen molar-refractivity contribution in [2.75, 3.05) is 7.11 Å². The predicted octanol–water partition coefficient (Wildman–Crippen LogP) is 2.43. The van der Waals surface area contributed by atoms with E-state index >= 15 is 0 Å². The van der Waals surface area contributed by atoms with Crippen molar-refractivity contribution in [2.45, 2.75) is 40.7 Å². The van der Waals surface area contributed by atoms with Gasteiger partial charge in [0.1, 0.15) is 0 Å². The van der Waals surface area contributed by atoms with Crippen LogP contribution in [-0.4, -0.2) is 38.2 Å². The fraction of sp³-hybridized carbons (Fsp3) is 0.889. The van der Waals surface area contributed by atoms with Crippen molar-refractivity contribution in [1.82, 2.24) is 0 Å². The third-order valence-corrected chi connectivity index (χ3v) is 6.00. The molecular formula is C9H13ClF2O2Se. The molecule has 1 rings (SSSR count). The van der Waals surface area contributed by atoms with Crippen molar-refractivity contribution >= 4 is 32.5 Å². The van der Waals surface area contributed by atoms with Gasteiger partial charge in [-0.25, -0.2) is 0 Å². The van der Waals surface area contributed by atoms with Gasteiger partial charge in [-0.3, -0.25) is 0 Å². The van der Waals surface area contributed by atoms with Crippen LogP contribution in [0.5, 0.6) is 0 Å². The molecule has 0 unspecified atom stereocenters. The van der Waals surface area contributed by atoms with E-state index in [2.05, 4.69) is 4.74 Å². The minimum absolute atomic E-state index is 0.214. The van der Waals surface area contributed by atoms with Crippen LogP contribution in [0.2, 0.25) is 4.82 Å². The third-order valence-electron chi connectivity index (χ3n) is 2.34. The van der Waals surface area contributed by atoms with Crippen LogP contribution in [0, 0.1) is 0 Å². The van der Waals surface area contributed by atoms with E-state index in [-0.39, 0.29) is 10.2 Å². The van der Waals surface area contributed by atoms with Crippen LogP contribution in [0.1, 0.15) is 25.7 Å². The first-order chi connectivity index (χ1) is 6.97. The summed E-state index contributed by atoms with van der Waals surface area (Å²) in [5, 5.41) is -0.214. The maximum absolute atomic E-state index is 13.3. The van der Waals surface area contributed by atoms with E-state index in [1.54, 1.807) is 0 Å². The van der Waals surface area contributed by atoms with Crippen LogP contribution < -0.4 is 0 Å². The second kappa shape index (κ2) is 5.46. The number of alkyl halides is 3. The van der Waals surface area contributed by atoms with Gasteiger partial charge in [0, 0.05) is 0 Å². The summed E-state index contributed by atoms with van der Waals surface area (Å²) in [5.41, 5.74) is 0. The molecule has 0 aromatic heterocycles. The molecule has 1 aliphatic rings. The number of ether oxygens (including phenoxy) is 1. The standard InChI is InChI=1S/C9H13ClF2O2Se/c1-14-8(13)9(11,12)15-7-5-3-2-4-6(7)10/h6-7H,2-5H2,1H3/t6-,7-/m1/s1. The molecule has 0 heterocycles. The molecule has 6 heteroatoms. The fourth-order valence-corrected chi connectivity index (χ4v) is 4.46. The Morgan fingerprint density at radius 3 is 2.60 bits per heavy atom. The van der Waals surface area contributed by atoms with Gasteiger partial charge >= 0.3 is 98.6 Å². The Kier molecular flexibility index (Phi) is 4.81. The number of carbonyl (C=O) groups is 1. The summed E-state index contributed by atoms with van der Waals surface area (Å²) >= 11 is 4.86. The Morgan fingerprint density at radius 1 is 1.47 bits per heavy atom. The van der Waals surface area contributed by atoms with Crippen LogP contribution in [0.3, 0.4) is 0 Å². The Hall–Kier alpha value is 0.139. The first-order valence-corrected chi connectivity index (χ1v) is 7.03. The van der Waals surface area contributed by atoms with Crippen molar-refractivity contribution in [1.29, 1.82) is 0 Å². The summed E-state index contributed by atoms with van der Waals surface area (Å²) in [6.45, 7) is 0. The number of halogens is 3. The minimum atomic E-state index is -3.34. The number of carbonyl (C=O) groups excluding carboxylic acids is 1. The van der Waals surface area contributed by atoms with Crippen LogP contribution in [0.15, 0.2) is 0 Å². The second-order valence-electron chi connectivity index (χ2n) is 3.47. The van der Waals surface area contributed by atoms with E-state index in [0.717, 1.165) is 26.4 Å². The third kappa shape index (κ3) is 3.58. The number of methoxy groups -OCH3 is 1. The van der Waals surface area contributed by atoms with E-state index in [1.807, 2.05) is 0 Å². The van der Waals surface area contributed by atoms with Crippen LogP contribution in [0.4, 0.5) is 8.78 Å². The molecule has 0 N–H and O–H groups in total. The summed E-state index contributed by atoms with van der Waals surface area (Å²) in [7, 11) is 0.978. The average Bonchev–Trinajstić information content (AvgIpc) is 2.20. The van der Waals surface area contributed by atoms with Crippen LogP contribution >= 0.6 is 11.6 Å². The Morgan fingerprint density at radius 2 is 2.07 bits per heavy atom. The first-order valence-electron chi connectivity index (χ1n) is 4.75. The van der Waals surface area contributed by atoms with Crippen molar-refractivity contribution in [3.8, 4) is 0 Å². The summed E-state index contributed by atoms with van der Waals surface area (Å²) in [6.07, 6.45) is 3.38. The molecule has 0 saturated heterocycles. The Labute approximate surface area is 98.8 Å². The molecule has 2 nitrogen and oxygen atoms in total. The Bertz CT molecular complexity index is 238. The zero-order valence-electron chi connectivity index (χ0n) is 8.34. The number of rotatable bonds is 3. The number of hydrogen-bond acceptors (Lipinski definition) is 2. The molecule has 2 atom stereocenters. The van der Waals surface area contributed by atoms with E-state index in [4.69, 9.17) is 11.6 Å². The van der Waals surface area contributed by atoms with Crippen molar-refractivity contribution in [2.24, 2.45) is 0 Å². The van der Waals surface area contributed by atoms with Gasteiger partial charge in [0.2, 0.25) is 0 Å². The van der Waals surface area contributed by atoms with E-state index in [1.165, 1.54) is 0 Å². The molecule has 0 amide bonds. The predicted molar refractivity (Wildman–Crippen MR) is 54.6 cm³/mol. The fourth-order valence-electron chi connectivity index (χ4n) is 1.54. The summed E-state index contributed by atoms with van der Waals surface area (Å²) < 4.78 is 30.6. The number of hydrogen-bond donors (Lipinski definition) is 0. The van der Waals surface area contributed by atoms with Crippen molar-refractivity contribution < 1.29 is 18.3 Å². The monoisotopic (exact) mass is 306 g/mol. The van der Waals surface area contributed by atoms with Gasteiger partial charge in [0.25, 0.3) is 0 Å². The molecule has 1 aliphatic carbocycles. The number of esters is 1. The first kappa shape index (κ1) is 13.2. The van der Waals surface area contributed by atoms with E-state index in [0.29, 0.717) is 6.42 Å². The summed E-state index contributed by atoms with van der Waals surface area (Å²) in [4.78, 5) is 7.26. The molecule has 0 aliphatic heterocycles. The zero-order chi connectivity index (χ0) is 11.5. The van der Waals surface area contributed by atoms with Gasteiger partial charge in [-0.1, -0.05) is 0 Å². The molecule has 1 fully saturated rings. The average molecular weight is 306 g/mol. The van der Waals surface area contributed by atoms with Gasteiger partial charge < -0.3 is 0 Å². The van der Waals surface area contributed by atoms with Gasteiger partial charge in [-0.15, -0.1) is 0 Å². The molecule has 88 valence electrons. The van der Waals surface area contributed by atoms with Gasteiger partial charge in [0.05, 0.1) is 0 Å². The molecule has 0 spiro atoms. The summed E-state index contributed by atoms with van der Waals surface area (Å²) in [5.74, 6) is -1.43. The normalized spacial score (nSPS) is 27.5. The van der Waals surface area contributed by atoms with E-state index < -0.39 is 25.7 Å². The van der Waals surface area contributed by atoms with Crippen LogP contribution in [-0.2, 0) is 9.53 Å². The van der Waals surface area contributed by atoms with Gasteiger partial charge in [0.15, 0.2) is 0 Å². The quantitative estimate of drug-likeness (QED) is 0.455. The topological polar surface area (TPSA) is 26.3 Å². The van der Waals surface area contributed by atoms with Crippen LogP contribution in [0.25, 0.3) is 0 Å². The molecule has 1 saturated carbocycles. The molecule has 0 bridgehead atoms. The van der Waals surface area contributed by atoms with E-state index in [9.17, 15) is 13.6 Å². The van der Waals surface area contributed by atoms with Gasteiger partial charge in [-0.2, -0.15) is 0 Å².